The highest BCUT2D eigenvalue weighted by Gasteiger charge is 2.18. The second kappa shape index (κ2) is 8.05. The maximum absolute atomic E-state index is 11.4. The molecule has 1 aromatic carbocycles. The van der Waals surface area contributed by atoms with E-state index in [1.807, 2.05) is 0 Å². The van der Waals surface area contributed by atoms with Crippen molar-refractivity contribution in [1.29, 1.82) is 0 Å². The molecule has 0 fully saturated rings. The molecule has 1 rings (SSSR count). The summed E-state index contributed by atoms with van der Waals surface area (Å²) < 4.78 is 15.2. The van der Waals surface area contributed by atoms with Crippen LogP contribution >= 0.6 is 0 Å². The number of carbonyl (C=O) groups excluding carboxylic acids is 1. The minimum atomic E-state index is -0.517. The quantitative estimate of drug-likeness (QED) is 0.436. The predicted molar refractivity (Wildman–Crippen MR) is 74.6 cm³/mol. The Morgan fingerprint density at radius 1 is 1.38 bits per heavy atom. The lowest BCUT2D eigenvalue weighted by atomic mass is 10.2. The van der Waals surface area contributed by atoms with Gasteiger partial charge in [-0.15, -0.1) is 0 Å². The van der Waals surface area contributed by atoms with E-state index in [-0.39, 0.29) is 18.0 Å². The molecule has 0 saturated heterocycles. The summed E-state index contributed by atoms with van der Waals surface area (Å²) in [6, 6.07) is 3.57. The van der Waals surface area contributed by atoms with Crippen LogP contribution in [0, 0.1) is 10.1 Å². The van der Waals surface area contributed by atoms with Gasteiger partial charge in [0.25, 0.3) is 5.69 Å². The standard InChI is InChI=1S/C13H18N2O6/c1-14-10(13(16)20-3)6-7-21-12-8-9(15(17)18)4-5-11(12)19-2/h4-5,8,10,14H,6-7H2,1-3H3. The lowest BCUT2D eigenvalue weighted by Gasteiger charge is -2.15. The van der Waals surface area contributed by atoms with Crippen LogP contribution in [-0.4, -0.2) is 44.8 Å². The molecule has 0 aromatic heterocycles. The van der Waals surface area contributed by atoms with Crippen LogP contribution < -0.4 is 14.8 Å². The van der Waals surface area contributed by atoms with Crippen LogP contribution in [-0.2, 0) is 9.53 Å². The molecule has 0 heterocycles. The van der Waals surface area contributed by atoms with Crippen molar-refractivity contribution in [1.82, 2.24) is 5.32 Å². The predicted octanol–water partition coefficient (Wildman–Crippen LogP) is 1.13. The van der Waals surface area contributed by atoms with E-state index >= 15 is 0 Å². The number of nitro groups is 1. The van der Waals surface area contributed by atoms with Gasteiger partial charge < -0.3 is 19.5 Å². The Kier molecular flexibility index (Phi) is 6.41. The van der Waals surface area contributed by atoms with E-state index < -0.39 is 16.9 Å². The fourth-order valence-electron chi connectivity index (χ4n) is 1.70. The first-order chi connectivity index (χ1) is 10.0. The van der Waals surface area contributed by atoms with Crippen LogP contribution in [0.4, 0.5) is 5.69 Å². The molecular weight excluding hydrogens is 280 g/mol. The maximum atomic E-state index is 11.4. The summed E-state index contributed by atoms with van der Waals surface area (Å²) in [6.45, 7) is 0.179. The van der Waals surface area contributed by atoms with Gasteiger partial charge in [0.1, 0.15) is 6.04 Å². The summed E-state index contributed by atoms with van der Waals surface area (Å²) >= 11 is 0. The molecule has 1 aromatic rings. The van der Waals surface area contributed by atoms with Crippen molar-refractivity contribution >= 4 is 11.7 Å². The largest absolute Gasteiger partial charge is 0.493 e. The Morgan fingerprint density at radius 3 is 2.62 bits per heavy atom. The number of esters is 1. The topological polar surface area (TPSA) is 99.9 Å². The Balaban J connectivity index is 2.71. The molecule has 0 radical (unpaired) electrons. The van der Waals surface area contributed by atoms with E-state index in [2.05, 4.69) is 10.1 Å². The van der Waals surface area contributed by atoms with Crippen molar-refractivity contribution in [3.8, 4) is 11.5 Å². The molecule has 1 unspecified atom stereocenters. The summed E-state index contributed by atoms with van der Waals surface area (Å²) in [7, 11) is 4.38. The van der Waals surface area contributed by atoms with Crippen LogP contribution in [0.25, 0.3) is 0 Å². The van der Waals surface area contributed by atoms with Gasteiger partial charge in [0.05, 0.1) is 31.8 Å². The second-order valence-corrected chi connectivity index (χ2v) is 4.09. The van der Waals surface area contributed by atoms with Crippen LogP contribution in [0.15, 0.2) is 18.2 Å². The van der Waals surface area contributed by atoms with Gasteiger partial charge in [0, 0.05) is 12.5 Å². The number of non-ortho nitro benzene ring substituents is 1. The molecule has 116 valence electrons. The second-order valence-electron chi connectivity index (χ2n) is 4.09. The Hall–Kier alpha value is -2.35. The van der Waals surface area contributed by atoms with Gasteiger partial charge in [-0.3, -0.25) is 14.9 Å². The number of carbonyl (C=O) groups is 1. The van der Waals surface area contributed by atoms with E-state index in [1.165, 1.54) is 32.4 Å². The Bertz CT molecular complexity index is 505. The van der Waals surface area contributed by atoms with Crippen molar-refractivity contribution in [2.24, 2.45) is 0 Å². The monoisotopic (exact) mass is 298 g/mol. The number of hydrogen-bond donors (Lipinski definition) is 1. The van der Waals surface area contributed by atoms with Crippen molar-refractivity contribution in [2.75, 3.05) is 27.9 Å². The van der Waals surface area contributed by atoms with Gasteiger partial charge in [-0.05, 0) is 13.1 Å². The highest BCUT2D eigenvalue weighted by Crippen LogP contribution is 2.31. The molecule has 0 aliphatic rings. The molecule has 1 N–H and O–H groups in total. The number of nitro benzene ring substituents is 1. The van der Waals surface area contributed by atoms with E-state index in [0.717, 1.165) is 0 Å². The van der Waals surface area contributed by atoms with Gasteiger partial charge in [-0.2, -0.15) is 0 Å². The minimum Gasteiger partial charge on any atom is -0.493 e. The third-order valence-corrected chi connectivity index (χ3v) is 2.86. The zero-order valence-corrected chi connectivity index (χ0v) is 12.1. The SMILES string of the molecule is CNC(CCOc1cc([N+](=O)[O-])ccc1OC)C(=O)OC. The number of rotatable bonds is 8. The van der Waals surface area contributed by atoms with Crippen LogP contribution in [0.2, 0.25) is 0 Å². The number of nitrogens with zero attached hydrogens (tertiary/aromatic N) is 1. The van der Waals surface area contributed by atoms with Crippen molar-refractivity contribution < 1.29 is 23.9 Å². The smallest absolute Gasteiger partial charge is 0.322 e. The van der Waals surface area contributed by atoms with Gasteiger partial charge >= 0.3 is 5.97 Å². The molecule has 8 nitrogen and oxygen atoms in total. The number of ether oxygens (including phenoxy) is 3. The number of methoxy groups -OCH3 is 2. The highest BCUT2D eigenvalue weighted by molar-refractivity contribution is 5.75. The molecule has 0 aliphatic heterocycles. The van der Waals surface area contributed by atoms with Crippen molar-refractivity contribution in [3.05, 3.63) is 28.3 Å². The molecule has 21 heavy (non-hydrogen) atoms. The molecular formula is C13H18N2O6. The van der Waals surface area contributed by atoms with Gasteiger partial charge in [-0.1, -0.05) is 0 Å². The highest BCUT2D eigenvalue weighted by atomic mass is 16.6. The molecule has 1 atom stereocenters. The Morgan fingerprint density at radius 2 is 2.10 bits per heavy atom. The van der Waals surface area contributed by atoms with Crippen LogP contribution in [0.5, 0.6) is 11.5 Å². The van der Waals surface area contributed by atoms with Gasteiger partial charge in [-0.25, -0.2) is 0 Å². The summed E-state index contributed by atoms with van der Waals surface area (Å²) in [5.74, 6) is 0.248. The summed E-state index contributed by atoms with van der Waals surface area (Å²) in [6.07, 6.45) is 0.356. The van der Waals surface area contributed by atoms with Crippen molar-refractivity contribution in [3.63, 3.8) is 0 Å². The lowest BCUT2D eigenvalue weighted by molar-refractivity contribution is -0.385. The van der Waals surface area contributed by atoms with E-state index in [4.69, 9.17) is 9.47 Å². The summed E-state index contributed by atoms with van der Waals surface area (Å²) in [5.41, 5.74) is -0.0936. The van der Waals surface area contributed by atoms with Crippen LogP contribution in [0.3, 0.4) is 0 Å². The van der Waals surface area contributed by atoms with Crippen LogP contribution in [0.1, 0.15) is 6.42 Å². The molecule has 0 saturated carbocycles. The summed E-state index contributed by atoms with van der Waals surface area (Å²) in [5, 5.41) is 13.6. The molecule has 0 bridgehead atoms. The lowest BCUT2D eigenvalue weighted by Crippen LogP contribution is -2.36. The zero-order valence-electron chi connectivity index (χ0n) is 12.1. The number of hydrogen-bond acceptors (Lipinski definition) is 7. The van der Waals surface area contributed by atoms with E-state index in [1.54, 1.807) is 7.05 Å². The number of benzene rings is 1. The number of nitrogens with one attached hydrogen (secondary N) is 1. The third-order valence-electron chi connectivity index (χ3n) is 2.86. The minimum absolute atomic E-state index is 0.0936. The van der Waals surface area contributed by atoms with Gasteiger partial charge in [0.2, 0.25) is 0 Å². The molecule has 0 amide bonds. The Labute approximate surface area is 122 Å². The summed E-state index contributed by atoms with van der Waals surface area (Å²) in [4.78, 5) is 21.6. The molecule has 8 heteroatoms. The van der Waals surface area contributed by atoms with Crippen molar-refractivity contribution in [2.45, 2.75) is 12.5 Å². The third kappa shape index (κ3) is 4.60. The number of likely N-dealkylation sites (N-methyl/N-ethyl adjacent to an activating group) is 1. The first-order valence-corrected chi connectivity index (χ1v) is 6.23. The first-order valence-electron chi connectivity index (χ1n) is 6.23. The average molecular weight is 298 g/mol. The maximum Gasteiger partial charge on any atom is 0.322 e. The fraction of sp³-hybridized carbons (Fsp3) is 0.462. The normalized spacial score (nSPS) is 11.6. The van der Waals surface area contributed by atoms with E-state index in [0.29, 0.717) is 12.2 Å². The molecule has 0 spiro atoms. The fourth-order valence-corrected chi connectivity index (χ4v) is 1.70. The first kappa shape index (κ1) is 16.7. The average Bonchev–Trinajstić information content (AvgIpc) is 2.50. The zero-order chi connectivity index (χ0) is 15.8. The van der Waals surface area contributed by atoms with Gasteiger partial charge in [0.15, 0.2) is 11.5 Å². The molecule has 0 aliphatic carbocycles. The van der Waals surface area contributed by atoms with E-state index in [9.17, 15) is 14.9 Å².